The Hall–Kier alpha value is -3.45. The Morgan fingerprint density at radius 1 is 0.867 bits per heavy atom. The van der Waals surface area contributed by atoms with Gasteiger partial charge in [0.25, 0.3) is 15.9 Å². The summed E-state index contributed by atoms with van der Waals surface area (Å²) >= 11 is 0. The Bertz CT molecular complexity index is 1160. The number of Topliss-reactive ketones (excluding diaryl/α,β-unsaturated/α-hetero) is 1. The number of carbonyl (C=O) groups is 2. The Morgan fingerprint density at radius 3 is 2.13 bits per heavy atom. The first-order chi connectivity index (χ1) is 14.3. The fraction of sp³-hybridized carbons (Fsp3) is 0.130. The summed E-state index contributed by atoms with van der Waals surface area (Å²) in [4.78, 5) is 24.0. The summed E-state index contributed by atoms with van der Waals surface area (Å²) in [5.41, 5.74) is 1.83. The molecule has 154 valence electrons. The van der Waals surface area contributed by atoms with Crippen molar-refractivity contribution in [3.8, 4) is 0 Å². The van der Waals surface area contributed by atoms with Gasteiger partial charge in [-0.1, -0.05) is 24.3 Å². The van der Waals surface area contributed by atoms with Crippen LogP contribution < -0.4 is 9.62 Å². The van der Waals surface area contributed by atoms with E-state index in [1.807, 2.05) is 6.07 Å². The molecule has 3 aromatic rings. The van der Waals surface area contributed by atoms with Gasteiger partial charge in [0.15, 0.2) is 5.78 Å². The maximum atomic E-state index is 13.2. The van der Waals surface area contributed by atoms with Gasteiger partial charge in [-0.25, -0.2) is 8.42 Å². The van der Waals surface area contributed by atoms with Crippen LogP contribution in [0.1, 0.15) is 34.6 Å². The zero-order valence-electron chi connectivity index (χ0n) is 16.7. The SMILES string of the molecule is CCN(c1ccccc1)S(=O)(=O)c1cccc(C(=O)Nc2ccc(C(C)=O)cc2)c1. The fourth-order valence-electron chi connectivity index (χ4n) is 3.00. The summed E-state index contributed by atoms with van der Waals surface area (Å²) in [6, 6.07) is 21.2. The normalized spacial score (nSPS) is 11.0. The summed E-state index contributed by atoms with van der Waals surface area (Å²) in [5.74, 6) is -0.505. The van der Waals surface area contributed by atoms with E-state index < -0.39 is 15.9 Å². The standard InChI is InChI=1S/C23H22N2O4S/c1-3-25(21-9-5-4-6-10-21)30(28,29)22-11-7-8-19(16-22)23(27)24-20-14-12-18(13-15-20)17(2)26/h4-16H,3H2,1-2H3,(H,24,27). The molecule has 6 nitrogen and oxygen atoms in total. The van der Waals surface area contributed by atoms with Gasteiger partial charge in [-0.05, 0) is 68.4 Å². The van der Waals surface area contributed by atoms with Gasteiger partial charge >= 0.3 is 0 Å². The minimum atomic E-state index is -3.83. The molecule has 1 amide bonds. The lowest BCUT2D eigenvalue weighted by Gasteiger charge is -2.23. The fourth-order valence-corrected chi connectivity index (χ4v) is 4.52. The van der Waals surface area contributed by atoms with Crippen molar-refractivity contribution in [1.82, 2.24) is 0 Å². The Labute approximate surface area is 176 Å². The van der Waals surface area contributed by atoms with Crippen molar-refractivity contribution in [1.29, 1.82) is 0 Å². The third-order valence-corrected chi connectivity index (χ3v) is 6.46. The molecule has 0 saturated carbocycles. The van der Waals surface area contributed by atoms with Crippen molar-refractivity contribution in [2.24, 2.45) is 0 Å². The van der Waals surface area contributed by atoms with Crippen LogP contribution in [0.15, 0.2) is 83.8 Å². The number of nitrogens with zero attached hydrogens (tertiary/aromatic N) is 1. The molecular weight excluding hydrogens is 400 g/mol. The highest BCUT2D eigenvalue weighted by molar-refractivity contribution is 7.92. The summed E-state index contributed by atoms with van der Waals surface area (Å²) < 4.78 is 27.6. The van der Waals surface area contributed by atoms with Crippen LogP contribution in [-0.4, -0.2) is 26.7 Å². The molecule has 30 heavy (non-hydrogen) atoms. The van der Waals surface area contributed by atoms with Crippen LogP contribution in [0.25, 0.3) is 0 Å². The molecule has 0 aromatic heterocycles. The molecule has 0 aliphatic carbocycles. The number of ketones is 1. The Morgan fingerprint density at radius 2 is 1.53 bits per heavy atom. The largest absolute Gasteiger partial charge is 0.322 e. The van der Waals surface area contributed by atoms with Gasteiger partial charge in [-0.2, -0.15) is 0 Å². The molecule has 0 heterocycles. The van der Waals surface area contributed by atoms with E-state index in [9.17, 15) is 18.0 Å². The maximum Gasteiger partial charge on any atom is 0.264 e. The molecule has 0 saturated heterocycles. The zero-order valence-corrected chi connectivity index (χ0v) is 17.5. The lowest BCUT2D eigenvalue weighted by atomic mass is 10.1. The number of hydrogen-bond donors (Lipinski definition) is 1. The molecule has 0 bridgehead atoms. The van der Waals surface area contributed by atoms with Gasteiger partial charge in [-0.15, -0.1) is 0 Å². The number of carbonyl (C=O) groups excluding carboxylic acids is 2. The molecular formula is C23H22N2O4S. The van der Waals surface area contributed by atoms with Gasteiger partial charge in [-0.3, -0.25) is 13.9 Å². The topological polar surface area (TPSA) is 83.6 Å². The van der Waals surface area contributed by atoms with Crippen LogP contribution in [-0.2, 0) is 10.0 Å². The number of para-hydroxylation sites is 1. The lowest BCUT2D eigenvalue weighted by Crippen LogP contribution is -2.30. The van der Waals surface area contributed by atoms with Gasteiger partial charge in [0.2, 0.25) is 0 Å². The van der Waals surface area contributed by atoms with Gasteiger partial charge in [0, 0.05) is 23.4 Å². The van der Waals surface area contributed by atoms with Gasteiger partial charge in [0.05, 0.1) is 10.6 Å². The van der Waals surface area contributed by atoms with Crippen LogP contribution in [0, 0.1) is 0 Å². The number of benzene rings is 3. The second-order valence-corrected chi connectivity index (χ2v) is 8.48. The van der Waals surface area contributed by atoms with E-state index in [0.717, 1.165) is 0 Å². The highest BCUT2D eigenvalue weighted by atomic mass is 32.2. The second-order valence-electron chi connectivity index (χ2n) is 6.62. The number of sulfonamides is 1. The van der Waals surface area contributed by atoms with Crippen LogP contribution in [0.2, 0.25) is 0 Å². The third-order valence-electron chi connectivity index (χ3n) is 4.56. The molecule has 0 atom stereocenters. The average molecular weight is 423 g/mol. The molecule has 0 radical (unpaired) electrons. The lowest BCUT2D eigenvalue weighted by molar-refractivity contribution is 0.101. The van der Waals surface area contributed by atoms with Crippen LogP contribution in [0.4, 0.5) is 11.4 Å². The van der Waals surface area contributed by atoms with Crippen LogP contribution in [0.5, 0.6) is 0 Å². The summed E-state index contributed by atoms with van der Waals surface area (Å²) in [6.07, 6.45) is 0. The number of nitrogens with one attached hydrogen (secondary N) is 1. The minimum Gasteiger partial charge on any atom is -0.322 e. The number of rotatable bonds is 7. The molecule has 7 heteroatoms. The van der Waals surface area contributed by atoms with E-state index >= 15 is 0 Å². The van der Waals surface area contributed by atoms with E-state index in [1.165, 1.54) is 23.4 Å². The molecule has 0 aliphatic heterocycles. The maximum absolute atomic E-state index is 13.2. The van der Waals surface area contributed by atoms with Crippen molar-refractivity contribution in [3.63, 3.8) is 0 Å². The average Bonchev–Trinajstić information content (AvgIpc) is 2.75. The van der Waals surface area contributed by atoms with Gasteiger partial charge < -0.3 is 5.32 Å². The monoisotopic (exact) mass is 422 g/mol. The summed E-state index contributed by atoms with van der Waals surface area (Å²) in [7, 11) is -3.83. The number of anilines is 2. The molecule has 0 spiro atoms. The molecule has 0 unspecified atom stereocenters. The molecule has 1 N–H and O–H groups in total. The van der Waals surface area contributed by atoms with Crippen molar-refractivity contribution in [2.45, 2.75) is 18.7 Å². The predicted octanol–water partition coefficient (Wildman–Crippen LogP) is 4.36. The van der Waals surface area contributed by atoms with Crippen LogP contribution in [0.3, 0.4) is 0 Å². The first-order valence-electron chi connectivity index (χ1n) is 9.43. The second kappa shape index (κ2) is 8.92. The zero-order chi connectivity index (χ0) is 21.7. The quantitative estimate of drug-likeness (QED) is 0.574. The summed E-state index contributed by atoms with van der Waals surface area (Å²) in [6.45, 7) is 3.48. The highest BCUT2D eigenvalue weighted by Gasteiger charge is 2.24. The van der Waals surface area contributed by atoms with Crippen molar-refractivity contribution >= 4 is 33.1 Å². The molecule has 0 fully saturated rings. The molecule has 3 rings (SSSR count). The van der Waals surface area contributed by atoms with Crippen molar-refractivity contribution < 1.29 is 18.0 Å². The molecule has 0 aliphatic rings. The van der Waals surface area contributed by atoms with E-state index in [0.29, 0.717) is 16.9 Å². The molecule has 3 aromatic carbocycles. The predicted molar refractivity (Wildman–Crippen MR) is 117 cm³/mol. The highest BCUT2D eigenvalue weighted by Crippen LogP contribution is 2.24. The van der Waals surface area contributed by atoms with E-state index in [2.05, 4.69) is 5.32 Å². The van der Waals surface area contributed by atoms with Crippen molar-refractivity contribution in [3.05, 3.63) is 90.0 Å². The Balaban J connectivity index is 1.86. The van der Waals surface area contributed by atoms with Crippen molar-refractivity contribution in [2.75, 3.05) is 16.2 Å². The number of amides is 1. The summed E-state index contributed by atoms with van der Waals surface area (Å²) in [5, 5.41) is 2.72. The van der Waals surface area contributed by atoms with Gasteiger partial charge in [0.1, 0.15) is 0 Å². The van der Waals surface area contributed by atoms with Crippen LogP contribution >= 0.6 is 0 Å². The minimum absolute atomic E-state index is 0.0350. The third kappa shape index (κ3) is 4.58. The smallest absolute Gasteiger partial charge is 0.264 e. The van der Waals surface area contributed by atoms with E-state index in [4.69, 9.17) is 0 Å². The van der Waals surface area contributed by atoms with E-state index in [-0.39, 0.29) is 22.8 Å². The van der Waals surface area contributed by atoms with E-state index in [1.54, 1.807) is 67.6 Å². The number of hydrogen-bond acceptors (Lipinski definition) is 4. The first kappa shape index (κ1) is 21.3. The Kier molecular flexibility index (Phi) is 6.32. The first-order valence-corrected chi connectivity index (χ1v) is 10.9.